The molecule has 0 aliphatic rings. The predicted molar refractivity (Wildman–Crippen MR) is 128 cm³/mol. The van der Waals surface area contributed by atoms with Crippen molar-refractivity contribution in [2.24, 2.45) is 4.99 Å². The van der Waals surface area contributed by atoms with Gasteiger partial charge in [-0.3, -0.25) is 0 Å². The molecule has 0 atom stereocenters. The molecule has 0 aliphatic heterocycles. The molecule has 1 aromatic carbocycles. The van der Waals surface area contributed by atoms with Gasteiger partial charge < -0.3 is 24.6 Å². The molecule has 0 aliphatic carbocycles. The van der Waals surface area contributed by atoms with Crippen LogP contribution in [0.5, 0.6) is 11.5 Å². The fourth-order valence-electron chi connectivity index (χ4n) is 2.93. The topological polar surface area (TPSA) is 80.9 Å². The lowest BCUT2D eigenvalue weighted by Crippen LogP contribution is -2.30. The van der Waals surface area contributed by atoms with Crippen molar-refractivity contribution in [1.82, 2.24) is 10.5 Å². The van der Waals surface area contributed by atoms with E-state index in [-0.39, 0.29) is 24.0 Å². The Kier molecular flexibility index (Phi) is 11.5. The summed E-state index contributed by atoms with van der Waals surface area (Å²) in [5.74, 6) is 3.24. The quantitative estimate of drug-likeness (QED) is 0.257. The molecule has 2 aromatic rings. The molecular formula is C21H33IN4O3. The smallest absolute Gasteiger partial charge is 0.196 e. The first kappa shape index (κ1) is 25.1. The van der Waals surface area contributed by atoms with E-state index in [2.05, 4.69) is 34.6 Å². The van der Waals surface area contributed by atoms with Crippen molar-refractivity contribution < 1.29 is 14.0 Å². The van der Waals surface area contributed by atoms with E-state index in [0.29, 0.717) is 36.5 Å². The average Bonchev–Trinajstić information content (AvgIpc) is 3.16. The summed E-state index contributed by atoms with van der Waals surface area (Å²) < 4.78 is 16.4. The van der Waals surface area contributed by atoms with Gasteiger partial charge in [-0.2, -0.15) is 0 Å². The molecule has 0 bridgehead atoms. The lowest BCUT2D eigenvalue weighted by Gasteiger charge is -2.14. The van der Waals surface area contributed by atoms with Crippen molar-refractivity contribution in [1.29, 1.82) is 0 Å². The van der Waals surface area contributed by atoms with Crippen molar-refractivity contribution in [2.75, 3.05) is 25.6 Å². The summed E-state index contributed by atoms with van der Waals surface area (Å²) in [5.41, 5.74) is 1.86. The highest BCUT2D eigenvalue weighted by Crippen LogP contribution is 2.30. The van der Waals surface area contributed by atoms with Gasteiger partial charge in [0.2, 0.25) is 0 Å². The van der Waals surface area contributed by atoms with Crippen LogP contribution >= 0.6 is 24.0 Å². The number of hydrogen-bond donors (Lipinski definition) is 2. The van der Waals surface area contributed by atoms with Crippen LogP contribution in [0.4, 0.5) is 5.69 Å². The third kappa shape index (κ3) is 7.41. The first-order valence-electron chi connectivity index (χ1n) is 9.96. The molecule has 162 valence electrons. The molecule has 0 spiro atoms. The molecule has 29 heavy (non-hydrogen) atoms. The lowest BCUT2D eigenvalue weighted by molar-refractivity contribution is 0.311. The molecule has 7 nitrogen and oxygen atoms in total. The van der Waals surface area contributed by atoms with Crippen molar-refractivity contribution in [2.45, 2.75) is 53.0 Å². The zero-order chi connectivity index (χ0) is 20.4. The zero-order valence-corrected chi connectivity index (χ0v) is 20.3. The molecule has 0 amide bonds. The summed E-state index contributed by atoms with van der Waals surface area (Å²) >= 11 is 0. The van der Waals surface area contributed by atoms with Gasteiger partial charge in [-0.25, -0.2) is 4.99 Å². The normalized spacial score (nSPS) is 11.2. The van der Waals surface area contributed by atoms with Crippen LogP contribution in [0.3, 0.4) is 0 Å². The van der Waals surface area contributed by atoms with Gasteiger partial charge in [0, 0.05) is 30.3 Å². The number of nitrogens with zero attached hydrogens (tertiary/aromatic N) is 2. The molecular weight excluding hydrogens is 483 g/mol. The fraction of sp³-hybridized carbons (Fsp3) is 0.524. The standard InChI is InChI=1S/C21H32N4O3.HI/c1-6-15(7-2)18-13-17(28-25-18)14-23-21(22-8-3)24-16-10-11-19(26-5)20(12-16)27-9-4;/h10-13,15H,6-9,14H2,1-5H3,(H2,22,23,24);1H. The largest absolute Gasteiger partial charge is 0.493 e. The van der Waals surface area contributed by atoms with Gasteiger partial charge in [-0.1, -0.05) is 19.0 Å². The second kappa shape index (κ2) is 13.3. The minimum Gasteiger partial charge on any atom is -0.493 e. The number of ether oxygens (including phenoxy) is 2. The number of halogens is 1. The predicted octanol–water partition coefficient (Wildman–Crippen LogP) is 5.18. The fourth-order valence-corrected chi connectivity index (χ4v) is 2.93. The van der Waals surface area contributed by atoms with E-state index < -0.39 is 0 Å². The summed E-state index contributed by atoms with van der Waals surface area (Å²) in [6.45, 7) is 10.0. The van der Waals surface area contributed by atoms with Crippen LogP contribution in [0, 0.1) is 0 Å². The van der Waals surface area contributed by atoms with Gasteiger partial charge in [-0.05, 0) is 38.8 Å². The number of anilines is 1. The van der Waals surface area contributed by atoms with E-state index in [1.165, 1.54) is 0 Å². The monoisotopic (exact) mass is 516 g/mol. The summed E-state index contributed by atoms with van der Waals surface area (Å²) in [6.07, 6.45) is 2.10. The van der Waals surface area contributed by atoms with Crippen molar-refractivity contribution in [3.8, 4) is 11.5 Å². The number of guanidine groups is 1. The second-order valence-electron chi connectivity index (χ2n) is 6.35. The first-order valence-corrected chi connectivity index (χ1v) is 9.96. The van der Waals surface area contributed by atoms with E-state index in [1.54, 1.807) is 7.11 Å². The van der Waals surface area contributed by atoms with Crippen molar-refractivity contribution in [3.63, 3.8) is 0 Å². The number of aromatic nitrogens is 1. The maximum atomic E-state index is 5.64. The molecule has 2 rings (SSSR count). The molecule has 0 saturated carbocycles. The Balaban J connectivity index is 0.00000420. The number of rotatable bonds is 10. The van der Waals surface area contributed by atoms with Crippen LogP contribution in [0.25, 0.3) is 0 Å². The Morgan fingerprint density at radius 1 is 1.14 bits per heavy atom. The highest BCUT2D eigenvalue weighted by Gasteiger charge is 2.13. The summed E-state index contributed by atoms with van der Waals surface area (Å²) in [7, 11) is 1.63. The highest BCUT2D eigenvalue weighted by atomic mass is 127. The number of hydrogen-bond acceptors (Lipinski definition) is 5. The Labute approximate surface area is 190 Å². The molecule has 0 unspecified atom stereocenters. The molecule has 0 fully saturated rings. The maximum Gasteiger partial charge on any atom is 0.196 e. The minimum atomic E-state index is 0. The number of aliphatic imine (C=N–C) groups is 1. The Morgan fingerprint density at radius 3 is 2.52 bits per heavy atom. The Morgan fingerprint density at radius 2 is 1.90 bits per heavy atom. The number of benzene rings is 1. The van der Waals surface area contributed by atoms with Crippen LogP contribution in [0.1, 0.15) is 57.9 Å². The molecule has 2 N–H and O–H groups in total. The Hall–Kier alpha value is -1.97. The molecule has 8 heteroatoms. The van der Waals surface area contributed by atoms with Crippen LogP contribution in [0.2, 0.25) is 0 Å². The van der Waals surface area contributed by atoms with E-state index in [0.717, 1.165) is 36.5 Å². The average molecular weight is 516 g/mol. The van der Waals surface area contributed by atoms with Crippen LogP contribution in [-0.4, -0.2) is 31.4 Å². The SMILES string of the molecule is CCNC(=NCc1cc(C(CC)CC)no1)Nc1ccc(OC)c(OCC)c1.I. The minimum absolute atomic E-state index is 0. The van der Waals surface area contributed by atoms with Gasteiger partial charge in [0.1, 0.15) is 6.54 Å². The second-order valence-corrected chi connectivity index (χ2v) is 6.35. The summed E-state index contributed by atoms with van der Waals surface area (Å²) in [6, 6.07) is 7.70. The molecule has 1 heterocycles. The van der Waals surface area contributed by atoms with E-state index in [9.17, 15) is 0 Å². The Bertz CT molecular complexity index is 760. The van der Waals surface area contributed by atoms with Gasteiger partial charge in [0.05, 0.1) is 19.4 Å². The van der Waals surface area contributed by atoms with Gasteiger partial charge in [0.25, 0.3) is 0 Å². The van der Waals surface area contributed by atoms with Crippen LogP contribution < -0.4 is 20.1 Å². The van der Waals surface area contributed by atoms with Gasteiger partial charge in [-0.15, -0.1) is 24.0 Å². The highest BCUT2D eigenvalue weighted by molar-refractivity contribution is 14.0. The van der Waals surface area contributed by atoms with Crippen LogP contribution in [0.15, 0.2) is 33.8 Å². The van der Waals surface area contributed by atoms with E-state index in [1.807, 2.05) is 38.1 Å². The van der Waals surface area contributed by atoms with E-state index in [4.69, 9.17) is 14.0 Å². The van der Waals surface area contributed by atoms with Crippen molar-refractivity contribution >= 4 is 35.6 Å². The molecule has 1 aromatic heterocycles. The maximum absolute atomic E-state index is 5.64. The van der Waals surface area contributed by atoms with Gasteiger partial charge in [0.15, 0.2) is 23.2 Å². The van der Waals surface area contributed by atoms with E-state index >= 15 is 0 Å². The number of methoxy groups -OCH3 is 1. The summed E-state index contributed by atoms with van der Waals surface area (Å²) in [5, 5.41) is 10.7. The molecule has 0 saturated heterocycles. The third-order valence-electron chi connectivity index (χ3n) is 4.44. The van der Waals surface area contributed by atoms with Gasteiger partial charge >= 0.3 is 0 Å². The first-order chi connectivity index (χ1) is 13.6. The summed E-state index contributed by atoms with van der Waals surface area (Å²) in [4.78, 5) is 4.61. The van der Waals surface area contributed by atoms with Crippen LogP contribution in [-0.2, 0) is 6.54 Å². The lowest BCUT2D eigenvalue weighted by atomic mass is 9.99. The van der Waals surface area contributed by atoms with Crippen molar-refractivity contribution in [3.05, 3.63) is 35.7 Å². The zero-order valence-electron chi connectivity index (χ0n) is 17.9. The number of nitrogens with one attached hydrogen (secondary N) is 2. The third-order valence-corrected chi connectivity index (χ3v) is 4.44. The molecule has 0 radical (unpaired) electrons.